The van der Waals surface area contributed by atoms with Gasteiger partial charge in [0.1, 0.15) is 10.8 Å². The van der Waals surface area contributed by atoms with Crippen molar-refractivity contribution >= 4 is 23.0 Å². The third-order valence-corrected chi connectivity index (χ3v) is 4.66. The molecule has 1 fully saturated rings. The van der Waals surface area contributed by atoms with Crippen molar-refractivity contribution < 1.29 is 0 Å². The van der Waals surface area contributed by atoms with Crippen LogP contribution in [-0.2, 0) is 7.05 Å². The first-order valence-corrected chi connectivity index (χ1v) is 7.71. The summed E-state index contributed by atoms with van der Waals surface area (Å²) in [5.41, 5.74) is 8.14. The van der Waals surface area contributed by atoms with Crippen molar-refractivity contribution in [2.24, 2.45) is 24.1 Å². The van der Waals surface area contributed by atoms with Gasteiger partial charge < -0.3 is 10.6 Å². The van der Waals surface area contributed by atoms with Gasteiger partial charge in [-0.1, -0.05) is 33.0 Å². The number of rotatable bonds is 2. The number of hydrogen-bond acceptors (Lipinski definition) is 3. The summed E-state index contributed by atoms with van der Waals surface area (Å²) < 4.78 is 1.92. The molecule has 0 bridgehead atoms. The molecule has 4 nitrogen and oxygen atoms in total. The van der Waals surface area contributed by atoms with Gasteiger partial charge in [-0.25, -0.2) is 0 Å². The van der Waals surface area contributed by atoms with Gasteiger partial charge >= 0.3 is 0 Å². The maximum atomic E-state index is 5.88. The van der Waals surface area contributed by atoms with Crippen molar-refractivity contribution in [3.05, 3.63) is 11.3 Å². The van der Waals surface area contributed by atoms with E-state index in [2.05, 4.69) is 30.8 Å². The second-order valence-corrected chi connectivity index (χ2v) is 7.34. The van der Waals surface area contributed by atoms with Crippen molar-refractivity contribution in [2.45, 2.75) is 40.5 Å². The number of anilines is 1. The van der Waals surface area contributed by atoms with Gasteiger partial charge in [-0.05, 0) is 31.1 Å². The quantitative estimate of drug-likeness (QED) is 0.852. The lowest BCUT2D eigenvalue weighted by molar-refractivity contribution is 0.198. The Labute approximate surface area is 127 Å². The van der Waals surface area contributed by atoms with Crippen LogP contribution in [0, 0.1) is 18.3 Å². The SMILES string of the molecule is Cc1nn(C)c(N2CCC(C(C)(C)C)CC2)c1C(N)=S. The summed E-state index contributed by atoms with van der Waals surface area (Å²) in [6.07, 6.45) is 2.43. The molecule has 2 heterocycles. The molecule has 1 aromatic heterocycles. The molecule has 112 valence electrons. The molecule has 1 aliphatic heterocycles. The van der Waals surface area contributed by atoms with Gasteiger partial charge in [-0.2, -0.15) is 5.10 Å². The Morgan fingerprint density at radius 1 is 1.30 bits per heavy atom. The van der Waals surface area contributed by atoms with Crippen molar-refractivity contribution in [1.29, 1.82) is 0 Å². The second kappa shape index (κ2) is 5.35. The third-order valence-electron chi connectivity index (χ3n) is 4.46. The van der Waals surface area contributed by atoms with E-state index in [0.29, 0.717) is 10.4 Å². The largest absolute Gasteiger partial charge is 0.389 e. The van der Waals surface area contributed by atoms with Crippen LogP contribution in [0.2, 0.25) is 0 Å². The molecule has 1 saturated heterocycles. The van der Waals surface area contributed by atoms with Crippen LogP contribution in [0.3, 0.4) is 0 Å². The Hall–Kier alpha value is -1.10. The highest BCUT2D eigenvalue weighted by Gasteiger charge is 2.31. The Morgan fingerprint density at radius 2 is 1.85 bits per heavy atom. The highest BCUT2D eigenvalue weighted by Crippen LogP contribution is 2.36. The predicted molar refractivity (Wildman–Crippen MR) is 88.2 cm³/mol. The fourth-order valence-electron chi connectivity index (χ4n) is 3.25. The molecule has 0 atom stereocenters. The smallest absolute Gasteiger partial charge is 0.137 e. The van der Waals surface area contributed by atoms with Crippen molar-refractivity contribution in [1.82, 2.24) is 9.78 Å². The molecule has 1 aromatic rings. The summed E-state index contributed by atoms with van der Waals surface area (Å²) in [6.45, 7) is 11.1. The Morgan fingerprint density at radius 3 is 2.30 bits per heavy atom. The highest BCUT2D eigenvalue weighted by molar-refractivity contribution is 7.80. The van der Waals surface area contributed by atoms with E-state index in [0.717, 1.165) is 36.1 Å². The van der Waals surface area contributed by atoms with E-state index >= 15 is 0 Å². The standard InChI is InChI=1S/C15H26N4S/c1-10-12(13(16)20)14(18(5)17-10)19-8-6-11(7-9-19)15(2,3)4/h11H,6-9H2,1-5H3,(H2,16,20). The molecule has 2 N–H and O–H groups in total. The number of piperidine rings is 1. The van der Waals surface area contributed by atoms with E-state index in [1.54, 1.807) is 0 Å². The van der Waals surface area contributed by atoms with E-state index in [1.165, 1.54) is 12.8 Å². The molecular formula is C15H26N4S. The fourth-order valence-corrected chi connectivity index (χ4v) is 3.49. The number of aryl methyl sites for hydroxylation is 2. The van der Waals surface area contributed by atoms with Gasteiger partial charge in [0.05, 0.1) is 11.3 Å². The lowest BCUT2D eigenvalue weighted by Gasteiger charge is -2.39. The van der Waals surface area contributed by atoms with E-state index in [4.69, 9.17) is 18.0 Å². The minimum absolute atomic E-state index is 0.389. The number of aromatic nitrogens is 2. The second-order valence-electron chi connectivity index (χ2n) is 6.90. The Balaban J connectivity index is 2.21. The molecule has 0 radical (unpaired) electrons. The normalized spacial score (nSPS) is 17.6. The molecule has 0 unspecified atom stereocenters. The summed E-state index contributed by atoms with van der Waals surface area (Å²) in [6, 6.07) is 0. The monoisotopic (exact) mass is 294 g/mol. The lowest BCUT2D eigenvalue weighted by atomic mass is 9.75. The van der Waals surface area contributed by atoms with Gasteiger partial charge in [0, 0.05) is 20.1 Å². The zero-order valence-corrected chi connectivity index (χ0v) is 14.0. The van der Waals surface area contributed by atoms with Gasteiger partial charge in [-0.15, -0.1) is 0 Å². The van der Waals surface area contributed by atoms with Crippen LogP contribution < -0.4 is 10.6 Å². The zero-order valence-electron chi connectivity index (χ0n) is 13.2. The van der Waals surface area contributed by atoms with Crippen LogP contribution in [0.25, 0.3) is 0 Å². The topological polar surface area (TPSA) is 47.1 Å². The first-order chi connectivity index (χ1) is 9.21. The summed E-state index contributed by atoms with van der Waals surface area (Å²) in [4.78, 5) is 2.83. The number of thiocarbonyl (C=S) groups is 1. The number of nitrogens with zero attached hydrogens (tertiary/aromatic N) is 3. The van der Waals surface area contributed by atoms with Gasteiger partial charge in [0.25, 0.3) is 0 Å². The van der Waals surface area contributed by atoms with E-state index in [9.17, 15) is 0 Å². The maximum Gasteiger partial charge on any atom is 0.137 e. The van der Waals surface area contributed by atoms with Gasteiger partial charge in [0.15, 0.2) is 0 Å². The zero-order chi connectivity index (χ0) is 15.1. The first-order valence-electron chi connectivity index (χ1n) is 7.30. The Bertz CT molecular complexity index is 505. The van der Waals surface area contributed by atoms with Crippen molar-refractivity contribution in [3.8, 4) is 0 Å². The highest BCUT2D eigenvalue weighted by atomic mass is 32.1. The lowest BCUT2D eigenvalue weighted by Crippen LogP contribution is -2.39. The number of hydrogen-bond donors (Lipinski definition) is 1. The average molecular weight is 294 g/mol. The van der Waals surface area contributed by atoms with Crippen molar-refractivity contribution in [3.63, 3.8) is 0 Å². The van der Waals surface area contributed by atoms with Gasteiger partial charge in [0.2, 0.25) is 0 Å². The molecule has 0 aromatic carbocycles. The molecule has 1 aliphatic rings. The molecule has 0 spiro atoms. The maximum absolute atomic E-state index is 5.88. The van der Waals surface area contributed by atoms with Crippen LogP contribution in [0.1, 0.15) is 44.9 Å². The van der Waals surface area contributed by atoms with Crippen molar-refractivity contribution in [2.75, 3.05) is 18.0 Å². The first kappa shape index (κ1) is 15.3. The van der Waals surface area contributed by atoms with Crippen LogP contribution in [-0.4, -0.2) is 27.9 Å². The average Bonchev–Trinajstić information content (AvgIpc) is 2.63. The molecule has 20 heavy (non-hydrogen) atoms. The summed E-state index contributed by atoms with van der Waals surface area (Å²) in [7, 11) is 1.97. The van der Waals surface area contributed by atoms with Crippen LogP contribution in [0.4, 0.5) is 5.82 Å². The molecular weight excluding hydrogens is 268 g/mol. The molecule has 5 heteroatoms. The minimum atomic E-state index is 0.389. The van der Waals surface area contributed by atoms with E-state index in [1.807, 2.05) is 18.7 Å². The molecule has 0 aliphatic carbocycles. The summed E-state index contributed by atoms with van der Waals surface area (Å²) in [5.74, 6) is 1.86. The minimum Gasteiger partial charge on any atom is -0.389 e. The molecule has 0 amide bonds. The third kappa shape index (κ3) is 2.82. The van der Waals surface area contributed by atoms with Crippen LogP contribution >= 0.6 is 12.2 Å². The van der Waals surface area contributed by atoms with Crippen LogP contribution in [0.5, 0.6) is 0 Å². The Kier molecular flexibility index (Phi) is 4.09. The number of nitrogens with two attached hydrogens (primary N) is 1. The van der Waals surface area contributed by atoms with Crippen LogP contribution in [0.15, 0.2) is 0 Å². The predicted octanol–water partition coefficient (Wildman–Crippen LogP) is 2.63. The molecule has 2 rings (SSSR count). The fraction of sp³-hybridized carbons (Fsp3) is 0.733. The molecule has 0 saturated carbocycles. The van der Waals surface area contributed by atoms with E-state index in [-0.39, 0.29) is 0 Å². The van der Waals surface area contributed by atoms with E-state index < -0.39 is 0 Å². The summed E-state index contributed by atoms with van der Waals surface area (Å²) in [5, 5.41) is 4.48. The summed E-state index contributed by atoms with van der Waals surface area (Å²) >= 11 is 5.20. The van der Waals surface area contributed by atoms with Gasteiger partial charge in [-0.3, -0.25) is 4.68 Å².